The number of Topliss-reactive ketones (excluding diaryl/α,β-unsaturated/α-hetero) is 1. The molecule has 3 nitrogen and oxygen atoms in total. The maximum Gasteiger partial charge on any atom is 0.168 e. The van der Waals surface area contributed by atoms with Gasteiger partial charge in [-0.05, 0) is 19.1 Å². The largest absolute Gasteiger partial charge is 0.493 e. The van der Waals surface area contributed by atoms with Crippen molar-refractivity contribution in [2.24, 2.45) is 0 Å². The molecule has 1 aliphatic rings. The van der Waals surface area contributed by atoms with Gasteiger partial charge in [0.1, 0.15) is 5.75 Å². The van der Waals surface area contributed by atoms with Crippen molar-refractivity contribution < 1.29 is 9.53 Å². The van der Waals surface area contributed by atoms with Crippen molar-refractivity contribution in [3.63, 3.8) is 0 Å². The Hall–Kier alpha value is -1.00. The van der Waals surface area contributed by atoms with E-state index in [0.717, 1.165) is 18.1 Å². The highest BCUT2D eigenvalue weighted by molar-refractivity contribution is 7.99. The zero-order valence-electron chi connectivity index (χ0n) is 10.6. The molecule has 1 aliphatic heterocycles. The predicted molar refractivity (Wildman–Crippen MR) is 75.7 cm³/mol. The lowest BCUT2D eigenvalue weighted by molar-refractivity contribution is 0.0968. The zero-order valence-corrected chi connectivity index (χ0v) is 11.5. The topological polar surface area (TPSA) is 38.3 Å². The normalized spacial score (nSPS) is 19.5. The Bertz CT molecular complexity index is 403. The second-order valence-corrected chi connectivity index (χ2v) is 5.43. The summed E-state index contributed by atoms with van der Waals surface area (Å²) in [6, 6.07) is 7.80. The number of ketones is 1. The minimum Gasteiger partial charge on any atom is -0.493 e. The molecule has 1 atom stereocenters. The summed E-state index contributed by atoms with van der Waals surface area (Å²) in [5, 5.41) is 3.39. The first-order chi connectivity index (χ1) is 8.81. The van der Waals surface area contributed by atoms with Gasteiger partial charge in [-0.15, -0.1) is 0 Å². The highest BCUT2D eigenvalue weighted by Gasteiger charge is 2.19. The molecule has 0 bridgehead atoms. The van der Waals surface area contributed by atoms with Gasteiger partial charge >= 0.3 is 0 Å². The van der Waals surface area contributed by atoms with Crippen molar-refractivity contribution in [2.75, 3.05) is 24.7 Å². The van der Waals surface area contributed by atoms with Crippen LogP contribution in [0.3, 0.4) is 0 Å². The number of para-hydroxylation sites is 1. The molecule has 1 fully saturated rings. The number of benzene rings is 1. The summed E-state index contributed by atoms with van der Waals surface area (Å²) in [4.78, 5) is 12.3. The summed E-state index contributed by atoms with van der Waals surface area (Å²) < 4.78 is 5.50. The zero-order chi connectivity index (χ0) is 12.8. The van der Waals surface area contributed by atoms with Gasteiger partial charge in [0.15, 0.2) is 5.78 Å². The van der Waals surface area contributed by atoms with Crippen LogP contribution in [0.1, 0.15) is 23.7 Å². The highest BCUT2D eigenvalue weighted by Crippen LogP contribution is 2.21. The minimum atomic E-state index is 0.166. The predicted octanol–water partition coefficient (Wildman–Crippen LogP) is 2.36. The number of carbonyl (C=O) groups is 1. The van der Waals surface area contributed by atoms with E-state index in [1.54, 1.807) is 0 Å². The van der Waals surface area contributed by atoms with Crippen LogP contribution in [0.25, 0.3) is 0 Å². The highest BCUT2D eigenvalue weighted by atomic mass is 32.2. The van der Waals surface area contributed by atoms with E-state index in [2.05, 4.69) is 5.32 Å². The fourth-order valence-corrected chi connectivity index (χ4v) is 3.01. The van der Waals surface area contributed by atoms with Gasteiger partial charge in [0.05, 0.1) is 12.2 Å². The summed E-state index contributed by atoms with van der Waals surface area (Å²) in [6.07, 6.45) is 0.553. The van der Waals surface area contributed by atoms with Crippen LogP contribution in [0.15, 0.2) is 24.3 Å². The maximum atomic E-state index is 12.3. The molecule has 18 heavy (non-hydrogen) atoms. The van der Waals surface area contributed by atoms with E-state index in [1.165, 1.54) is 0 Å². The average Bonchev–Trinajstić information content (AvgIpc) is 2.41. The van der Waals surface area contributed by atoms with Crippen molar-refractivity contribution in [2.45, 2.75) is 19.4 Å². The quantitative estimate of drug-likeness (QED) is 0.830. The van der Waals surface area contributed by atoms with Gasteiger partial charge in [-0.25, -0.2) is 0 Å². The van der Waals surface area contributed by atoms with Crippen molar-refractivity contribution >= 4 is 17.5 Å². The molecular weight excluding hydrogens is 246 g/mol. The Kier molecular flexibility index (Phi) is 5.08. The molecule has 4 heteroatoms. The fraction of sp³-hybridized carbons (Fsp3) is 0.500. The van der Waals surface area contributed by atoms with Crippen molar-refractivity contribution in [3.05, 3.63) is 29.8 Å². The lowest BCUT2D eigenvalue weighted by atomic mass is 10.0. The smallest absolute Gasteiger partial charge is 0.168 e. The third-order valence-electron chi connectivity index (χ3n) is 2.92. The molecule has 0 spiro atoms. The van der Waals surface area contributed by atoms with Crippen LogP contribution in [-0.4, -0.2) is 36.5 Å². The number of hydrogen-bond acceptors (Lipinski definition) is 4. The van der Waals surface area contributed by atoms with E-state index in [-0.39, 0.29) is 5.78 Å². The Balaban J connectivity index is 2.03. The fourth-order valence-electron chi connectivity index (χ4n) is 2.06. The molecule has 98 valence electrons. The van der Waals surface area contributed by atoms with E-state index in [4.69, 9.17) is 4.74 Å². The third kappa shape index (κ3) is 3.50. The summed E-state index contributed by atoms with van der Waals surface area (Å²) in [6.45, 7) is 3.51. The molecule has 0 radical (unpaired) electrons. The second-order valence-electron chi connectivity index (χ2n) is 4.28. The third-order valence-corrected chi connectivity index (χ3v) is 4.05. The van der Waals surface area contributed by atoms with Crippen LogP contribution >= 0.6 is 11.8 Å². The van der Waals surface area contributed by atoms with E-state index in [1.807, 2.05) is 43.0 Å². The molecule has 1 heterocycles. The lowest BCUT2D eigenvalue weighted by Crippen LogP contribution is -2.38. The maximum absolute atomic E-state index is 12.3. The lowest BCUT2D eigenvalue weighted by Gasteiger charge is -2.22. The molecule has 1 aromatic rings. The van der Waals surface area contributed by atoms with E-state index < -0.39 is 0 Å². The molecule has 0 saturated carbocycles. The molecule has 1 saturated heterocycles. The van der Waals surface area contributed by atoms with E-state index in [0.29, 0.717) is 30.4 Å². The molecule has 1 unspecified atom stereocenters. The number of nitrogens with one attached hydrogen (secondary N) is 1. The number of carbonyl (C=O) groups excluding carboxylic acids is 1. The van der Waals surface area contributed by atoms with E-state index >= 15 is 0 Å². The first-order valence-corrected chi connectivity index (χ1v) is 7.53. The summed E-state index contributed by atoms with van der Waals surface area (Å²) >= 11 is 1.91. The van der Waals surface area contributed by atoms with Gasteiger partial charge in [-0.1, -0.05) is 12.1 Å². The van der Waals surface area contributed by atoms with Crippen LogP contribution in [-0.2, 0) is 0 Å². The monoisotopic (exact) mass is 265 g/mol. The Morgan fingerprint density at radius 1 is 1.50 bits per heavy atom. The molecule has 2 rings (SSSR count). The van der Waals surface area contributed by atoms with Crippen LogP contribution in [0.4, 0.5) is 0 Å². The van der Waals surface area contributed by atoms with Gasteiger partial charge in [-0.2, -0.15) is 11.8 Å². The number of hydrogen-bond donors (Lipinski definition) is 1. The Labute approximate surface area is 112 Å². The average molecular weight is 265 g/mol. The SMILES string of the molecule is CCOc1ccccc1C(=O)CC1CSCCN1. The van der Waals surface area contributed by atoms with Crippen LogP contribution in [0, 0.1) is 0 Å². The van der Waals surface area contributed by atoms with E-state index in [9.17, 15) is 4.79 Å². The summed E-state index contributed by atoms with van der Waals surface area (Å²) in [5.41, 5.74) is 0.705. The number of thioether (sulfide) groups is 1. The Morgan fingerprint density at radius 2 is 2.33 bits per heavy atom. The molecule has 0 amide bonds. The van der Waals surface area contributed by atoms with Gasteiger partial charge in [0.2, 0.25) is 0 Å². The van der Waals surface area contributed by atoms with Crippen molar-refractivity contribution in [1.82, 2.24) is 5.32 Å². The molecule has 0 aromatic heterocycles. The van der Waals surface area contributed by atoms with Crippen molar-refractivity contribution in [1.29, 1.82) is 0 Å². The van der Waals surface area contributed by atoms with Crippen LogP contribution in [0.2, 0.25) is 0 Å². The van der Waals surface area contributed by atoms with Gasteiger partial charge < -0.3 is 10.1 Å². The van der Waals surface area contributed by atoms with Crippen molar-refractivity contribution in [3.8, 4) is 5.75 Å². The van der Waals surface area contributed by atoms with Crippen LogP contribution in [0.5, 0.6) is 5.75 Å². The first-order valence-electron chi connectivity index (χ1n) is 6.37. The minimum absolute atomic E-state index is 0.166. The second kappa shape index (κ2) is 6.81. The Morgan fingerprint density at radius 3 is 3.06 bits per heavy atom. The number of ether oxygens (including phenoxy) is 1. The van der Waals surface area contributed by atoms with Crippen LogP contribution < -0.4 is 10.1 Å². The van der Waals surface area contributed by atoms with Gasteiger partial charge in [-0.3, -0.25) is 4.79 Å². The molecule has 1 N–H and O–H groups in total. The standard InChI is InChI=1S/C14H19NO2S/c1-2-17-14-6-4-3-5-12(14)13(16)9-11-10-18-8-7-15-11/h3-6,11,15H,2,7-10H2,1H3. The molecular formula is C14H19NO2S. The van der Waals surface area contributed by atoms with Gasteiger partial charge in [0, 0.05) is 30.5 Å². The molecule has 1 aromatic carbocycles. The first kappa shape index (κ1) is 13.4. The molecule has 0 aliphatic carbocycles. The number of rotatable bonds is 5. The summed E-state index contributed by atoms with van der Waals surface area (Å²) in [7, 11) is 0. The van der Waals surface area contributed by atoms with Gasteiger partial charge in [0.25, 0.3) is 0 Å². The summed E-state index contributed by atoms with van der Waals surface area (Å²) in [5.74, 6) is 3.02.